The van der Waals surface area contributed by atoms with Crippen LogP contribution < -0.4 is 0 Å². The molecule has 2 fully saturated rings. The summed E-state index contributed by atoms with van der Waals surface area (Å²) < 4.78 is 37.5. The first kappa shape index (κ1) is 17.7. The first-order valence-electron chi connectivity index (χ1n) is 7.74. The van der Waals surface area contributed by atoms with Crippen LogP contribution in [0.25, 0.3) is 0 Å². The fourth-order valence-electron chi connectivity index (χ4n) is 3.08. The molecular weight excluding hydrogens is 308 g/mol. The molecule has 0 aromatic heterocycles. The van der Waals surface area contributed by atoms with Crippen LogP contribution in [0.3, 0.4) is 0 Å². The molecule has 0 bridgehead atoms. The van der Waals surface area contributed by atoms with Gasteiger partial charge in [-0.2, -0.15) is 4.31 Å². The zero-order valence-electron chi connectivity index (χ0n) is 13.7. The highest BCUT2D eigenvalue weighted by atomic mass is 32.2. The van der Waals surface area contributed by atoms with Crippen molar-refractivity contribution in [2.24, 2.45) is 0 Å². The molecule has 2 heterocycles. The van der Waals surface area contributed by atoms with Crippen LogP contribution in [0.1, 0.15) is 27.7 Å². The zero-order valence-corrected chi connectivity index (χ0v) is 14.5. The average molecular weight is 334 g/mol. The van der Waals surface area contributed by atoms with E-state index >= 15 is 0 Å². The van der Waals surface area contributed by atoms with Crippen LogP contribution in [-0.2, 0) is 24.3 Å². The Morgan fingerprint density at radius 2 is 1.32 bits per heavy atom. The first-order chi connectivity index (χ1) is 10.2. The van der Waals surface area contributed by atoms with Gasteiger partial charge in [0.25, 0.3) is 0 Å². The predicted octanol–water partition coefficient (Wildman–Crippen LogP) is 0.0612. The van der Waals surface area contributed by atoms with Gasteiger partial charge in [-0.05, 0) is 27.7 Å². The predicted molar refractivity (Wildman–Crippen MR) is 82.0 cm³/mol. The molecule has 0 aliphatic carbocycles. The van der Waals surface area contributed by atoms with E-state index in [0.717, 1.165) is 0 Å². The van der Waals surface area contributed by atoms with E-state index in [4.69, 9.17) is 9.47 Å². The van der Waals surface area contributed by atoms with Gasteiger partial charge in [0, 0.05) is 26.2 Å². The van der Waals surface area contributed by atoms with Gasteiger partial charge in [0.2, 0.25) is 15.9 Å². The Balaban J connectivity index is 2.00. The van der Waals surface area contributed by atoms with Crippen molar-refractivity contribution in [2.75, 3.05) is 31.9 Å². The highest BCUT2D eigenvalue weighted by Gasteiger charge is 2.35. The van der Waals surface area contributed by atoms with Crippen LogP contribution in [0.2, 0.25) is 0 Å². The van der Waals surface area contributed by atoms with E-state index in [9.17, 15) is 13.2 Å². The molecule has 4 atom stereocenters. The third kappa shape index (κ3) is 4.41. The number of ether oxygens (including phenoxy) is 2. The van der Waals surface area contributed by atoms with Crippen LogP contribution in [0.15, 0.2) is 0 Å². The molecule has 0 aromatic rings. The average Bonchev–Trinajstić information content (AvgIpc) is 2.35. The van der Waals surface area contributed by atoms with E-state index in [0.29, 0.717) is 26.2 Å². The summed E-state index contributed by atoms with van der Waals surface area (Å²) in [6.45, 7) is 8.93. The van der Waals surface area contributed by atoms with E-state index < -0.39 is 15.8 Å². The zero-order chi connectivity index (χ0) is 16.5. The lowest BCUT2D eigenvalue weighted by Gasteiger charge is -2.37. The van der Waals surface area contributed by atoms with Crippen LogP contribution in [0.4, 0.5) is 0 Å². The minimum atomic E-state index is -3.61. The molecule has 2 rings (SSSR count). The maximum atomic E-state index is 12.5. The van der Waals surface area contributed by atoms with Gasteiger partial charge >= 0.3 is 0 Å². The summed E-state index contributed by atoms with van der Waals surface area (Å²) in [4.78, 5) is 13.9. The molecule has 0 N–H and O–H groups in total. The Hall–Kier alpha value is -0.700. The molecule has 0 saturated carbocycles. The van der Waals surface area contributed by atoms with Gasteiger partial charge in [-0.1, -0.05) is 0 Å². The molecule has 22 heavy (non-hydrogen) atoms. The van der Waals surface area contributed by atoms with Crippen molar-refractivity contribution in [1.82, 2.24) is 9.21 Å². The van der Waals surface area contributed by atoms with Gasteiger partial charge in [0.1, 0.15) is 5.75 Å². The third-order valence-electron chi connectivity index (χ3n) is 3.86. The highest BCUT2D eigenvalue weighted by molar-refractivity contribution is 7.89. The number of morpholine rings is 2. The highest BCUT2D eigenvalue weighted by Crippen LogP contribution is 2.16. The molecule has 0 spiro atoms. The molecule has 2 aliphatic rings. The number of amides is 1. The lowest BCUT2D eigenvalue weighted by Crippen LogP contribution is -2.53. The number of hydrogen-bond donors (Lipinski definition) is 0. The van der Waals surface area contributed by atoms with Crippen molar-refractivity contribution in [1.29, 1.82) is 0 Å². The van der Waals surface area contributed by atoms with Crippen molar-refractivity contribution >= 4 is 15.9 Å². The summed E-state index contributed by atoms with van der Waals surface area (Å²) in [6, 6.07) is 0. The number of hydrogen-bond acceptors (Lipinski definition) is 5. The summed E-state index contributed by atoms with van der Waals surface area (Å²) in [6.07, 6.45) is -0.452. The Labute approximate surface area is 132 Å². The van der Waals surface area contributed by atoms with Gasteiger partial charge in [-0.3, -0.25) is 4.79 Å². The van der Waals surface area contributed by atoms with Crippen LogP contribution >= 0.6 is 0 Å². The lowest BCUT2D eigenvalue weighted by atomic mass is 10.2. The van der Waals surface area contributed by atoms with Gasteiger partial charge < -0.3 is 14.4 Å². The van der Waals surface area contributed by atoms with Gasteiger partial charge in [-0.15, -0.1) is 0 Å². The Morgan fingerprint density at radius 3 is 1.77 bits per heavy atom. The minimum Gasteiger partial charge on any atom is -0.373 e. The normalized spacial score (nSPS) is 34.6. The van der Waals surface area contributed by atoms with Gasteiger partial charge in [0.15, 0.2) is 0 Å². The Kier molecular flexibility index (Phi) is 5.47. The summed E-state index contributed by atoms with van der Waals surface area (Å²) in [5, 5.41) is 0. The maximum Gasteiger partial charge on any atom is 0.239 e. The maximum absolute atomic E-state index is 12.5. The number of nitrogens with zero attached hydrogens (tertiary/aromatic N) is 2. The number of sulfonamides is 1. The van der Waals surface area contributed by atoms with Crippen LogP contribution in [0.5, 0.6) is 0 Å². The molecule has 2 saturated heterocycles. The van der Waals surface area contributed by atoms with Gasteiger partial charge in [-0.25, -0.2) is 8.42 Å². The summed E-state index contributed by atoms with van der Waals surface area (Å²) in [5.41, 5.74) is 0. The largest absolute Gasteiger partial charge is 0.373 e. The molecule has 7 nitrogen and oxygen atoms in total. The number of carbonyl (C=O) groups is 1. The molecule has 0 radical (unpaired) electrons. The van der Waals surface area contributed by atoms with Crippen molar-refractivity contribution in [2.45, 2.75) is 52.1 Å². The second-order valence-corrected chi connectivity index (χ2v) is 8.36. The molecule has 4 unspecified atom stereocenters. The monoisotopic (exact) mass is 334 g/mol. The topological polar surface area (TPSA) is 76.2 Å². The summed E-state index contributed by atoms with van der Waals surface area (Å²) in [7, 11) is -3.61. The minimum absolute atomic E-state index is 0.0705. The second-order valence-electron chi connectivity index (χ2n) is 6.39. The van der Waals surface area contributed by atoms with E-state index in [1.807, 2.05) is 27.7 Å². The van der Waals surface area contributed by atoms with Crippen molar-refractivity contribution in [3.63, 3.8) is 0 Å². The Morgan fingerprint density at radius 1 is 0.909 bits per heavy atom. The Bertz CT molecular complexity index is 489. The van der Waals surface area contributed by atoms with E-state index in [2.05, 4.69) is 0 Å². The van der Waals surface area contributed by atoms with Crippen LogP contribution in [-0.4, -0.2) is 79.9 Å². The smallest absolute Gasteiger partial charge is 0.239 e. The SMILES string of the molecule is CC1CN(C(=O)CS(=O)(=O)N2CC(C)OC(C)C2)CC(C)O1. The molecule has 0 aromatic carbocycles. The molecule has 8 heteroatoms. The molecule has 1 amide bonds. The lowest BCUT2D eigenvalue weighted by molar-refractivity contribution is -0.140. The third-order valence-corrected chi connectivity index (χ3v) is 5.55. The van der Waals surface area contributed by atoms with E-state index in [1.54, 1.807) is 4.90 Å². The standard InChI is InChI=1S/C14H26N2O5S/c1-10-5-15(6-11(2)20-10)14(17)9-22(18,19)16-7-12(3)21-13(4)8-16/h10-13H,5-9H2,1-4H3. The van der Waals surface area contributed by atoms with Gasteiger partial charge in [0.05, 0.1) is 24.4 Å². The molecule has 128 valence electrons. The molecule has 2 aliphatic heterocycles. The molecular formula is C14H26N2O5S. The van der Waals surface area contributed by atoms with Crippen LogP contribution in [0, 0.1) is 0 Å². The van der Waals surface area contributed by atoms with E-state index in [1.165, 1.54) is 4.31 Å². The second kappa shape index (κ2) is 6.82. The number of rotatable bonds is 3. The number of carbonyl (C=O) groups excluding carboxylic acids is 1. The quantitative estimate of drug-likeness (QED) is 0.729. The fraction of sp³-hybridized carbons (Fsp3) is 0.929. The van der Waals surface area contributed by atoms with Crippen molar-refractivity contribution in [3.8, 4) is 0 Å². The summed E-state index contributed by atoms with van der Waals surface area (Å²) >= 11 is 0. The van der Waals surface area contributed by atoms with Crippen molar-refractivity contribution < 1.29 is 22.7 Å². The van der Waals surface area contributed by atoms with Crippen molar-refractivity contribution in [3.05, 3.63) is 0 Å². The summed E-state index contributed by atoms with van der Waals surface area (Å²) in [5.74, 6) is -0.833. The first-order valence-corrected chi connectivity index (χ1v) is 9.35. The fourth-order valence-corrected chi connectivity index (χ4v) is 4.63. The van der Waals surface area contributed by atoms with E-state index in [-0.39, 0.29) is 30.3 Å².